The molecule has 0 saturated carbocycles. The van der Waals surface area contributed by atoms with Crippen LogP contribution in [0.15, 0.2) is 69.6 Å². The predicted octanol–water partition coefficient (Wildman–Crippen LogP) is 3.63. The monoisotopic (exact) mass is 344 g/mol. The van der Waals surface area contributed by atoms with Gasteiger partial charge in [0.25, 0.3) is 5.56 Å². The van der Waals surface area contributed by atoms with Crippen LogP contribution in [-0.4, -0.2) is 21.2 Å². The molecule has 26 heavy (non-hydrogen) atoms. The van der Waals surface area contributed by atoms with Gasteiger partial charge < -0.3 is 0 Å². The molecule has 3 aromatic rings. The van der Waals surface area contributed by atoms with Crippen molar-refractivity contribution in [2.24, 2.45) is 10.2 Å². The zero-order chi connectivity index (χ0) is 18.1. The zero-order valence-electron chi connectivity index (χ0n) is 14.9. The Labute approximate surface area is 151 Å². The lowest BCUT2D eigenvalue weighted by atomic mass is 10.1. The second-order valence-electron chi connectivity index (χ2n) is 6.48. The van der Waals surface area contributed by atoms with Gasteiger partial charge in [-0.15, -0.1) is 0 Å². The zero-order valence-corrected chi connectivity index (χ0v) is 14.9. The van der Waals surface area contributed by atoms with E-state index in [4.69, 9.17) is 0 Å². The fourth-order valence-electron chi connectivity index (χ4n) is 3.43. The molecule has 0 aliphatic heterocycles. The number of aromatic amines is 1. The minimum absolute atomic E-state index is 0.109. The summed E-state index contributed by atoms with van der Waals surface area (Å²) in [7, 11) is 0. The van der Waals surface area contributed by atoms with Gasteiger partial charge >= 0.3 is 0 Å². The minimum atomic E-state index is -0.109. The third-order valence-corrected chi connectivity index (χ3v) is 4.73. The van der Waals surface area contributed by atoms with Crippen LogP contribution in [0.4, 0.5) is 0 Å². The molecule has 2 aromatic carbocycles. The van der Waals surface area contributed by atoms with Crippen molar-refractivity contribution in [3.63, 3.8) is 0 Å². The highest BCUT2D eigenvalue weighted by atomic mass is 16.1. The first-order chi connectivity index (χ1) is 12.6. The van der Waals surface area contributed by atoms with Gasteiger partial charge in [-0.3, -0.25) is 9.89 Å². The van der Waals surface area contributed by atoms with Gasteiger partial charge in [-0.25, -0.2) is 4.68 Å². The second-order valence-corrected chi connectivity index (χ2v) is 6.48. The van der Waals surface area contributed by atoms with Crippen molar-refractivity contribution in [1.82, 2.24) is 9.78 Å². The van der Waals surface area contributed by atoms with Crippen LogP contribution in [0.2, 0.25) is 0 Å². The predicted molar refractivity (Wildman–Crippen MR) is 105 cm³/mol. The Balaban J connectivity index is 1.71. The van der Waals surface area contributed by atoms with Gasteiger partial charge in [-0.1, -0.05) is 42.5 Å². The number of nitrogens with one attached hydrogen (secondary N) is 1. The SMILES string of the molecule is CC(=NN=C1CCc2ccccc21)c1c(C)[nH]n(-c2ccccc2)c1=O. The number of para-hydroxylation sites is 1. The van der Waals surface area contributed by atoms with E-state index < -0.39 is 0 Å². The molecule has 0 spiro atoms. The summed E-state index contributed by atoms with van der Waals surface area (Å²) < 4.78 is 1.54. The van der Waals surface area contributed by atoms with Crippen LogP contribution in [-0.2, 0) is 6.42 Å². The molecule has 1 N–H and O–H groups in total. The van der Waals surface area contributed by atoms with E-state index in [9.17, 15) is 4.79 Å². The van der Waals surface area contributed by atoms with E-state index in [1.807, 2.05) is 56.3 Å². The van der Waals surface area contributed by atoms with Crippen molar-refractivity contribution in [3.05, 3.63) is 87.3 Å². The molecule has 1 aromatic heterocycles. The highest BCUT2D eigenvalue weighted by Gasteiger charge is 2.18. The molecular formula is C21H20N4O. The van der Waals surface area contributed by atoms with E-state index in [2.05, 4.69) is 27.4 Å². The van der Waals surface area contributed by atoms with Crippen LogP contribution in [0.3, 0.4) is 0 Å². The molecule has 1 aliphatic carbocycles. The van der Waals surface area contributed by atoms with Crippen LogP contribution in [0.1, 0.15) is 35.7 Å². The van der Waals surface area contributed by atoms with Crippen molar-refractivity contribution in [2.45, 2.75) is 26.7 Å². The van der Waals surface area contributed by atoms with Crippen molar-refractivity contribution in [1.29, 1.82) is 0 Å². The van der Waals surface area contributed by atoms with Gasteiger partial charge in [0, 0.05) is 11.3 Å². The van der Waals surface area contributed by atoms with Crippen LogP contribution in [0.25, 0.3) is 5.69 Å². The number of hydrogen-bond donors (Lipinski definition) is 1. The van der Waals surface area contributed by atoms with Gasteiger partial charge in [-0.2, -0.15) is 10.2 Å². The topological polar surface area (TPSA) is 62.5 Å². The Morgan fingerprint density at radius 1 is 1.04 bits per heavy atom. The average molecular weight is 344 g/mol. The van der Waals surface area contributed by atoms with Crippen LogP contribution in [0, 0.1) is 6.92 Å². The fraction of sp³-hybridized carbons (Fsp3) is 0.190. The first kappa shape index (κ1) is 16.3. The quantitative estimate of drug-likeness (QED) is 0.572. The summed E-state index contributed by atoms with van der Waals surface area (Å²) in [6.07, 6.45) is 1.88. The van der Waals surface area contributed by atoms with Crippen molar-refractivity contribution >= 4 is 11.4 Å². The molecule has 0 radical (unpaired) electrons. The van der Waals surface area contributed by atoms with Gasteiger partial charge in [-0.05, 0) is 44.4 Å². The Kier molecular flexibility index (Phi) is 4.13. The lowest BCUT2D eigenvalue weighted by Crippen LogP contribution is -2.19. The molecule has 5 nitrogen and oxygen atoms in total. The molecule has 1 heterocycles. The molecule has 1 aliphatic rings. The van der Waals surface area contributed by atoms with Crippen LogP contribution < -0.4 is 5.56 Å². The third-order valence-electron chi connectivity index (χ3n) is 4.73. The molecule has 130 valence electrons. The average Bonchev–Trinajstić information content (AvgIpc) is 3.21. The summed E-state index contributed by atoms with van der Waals surface area (Å²) in [5.41, 5.74) is 6.13. The largest absolute Gasteiger partial charge is 0.295 e. The molecule has 0 bridgehead atoms. The molecule has 5 heteroatoms. The van der Waals surface area contributed by atoms with Gasteiger partial charge in [0.05, 0.1) is 22.7 Å². The summed E-state index contributed by atoms with van der Waals surface area (Å²) in [5, 5.41) is 12.0. The van der Waals surface area contributed by atoms with E-state index in [-0.39, 0.29) is 5.56 Å². The second kappa shape index (κ2) is 6.59. The number of H-pyrrole nitrogens is 1. The summed E-state index contributed by atoms with van der Waals surface area (Å²) in [6.45, 7) is 3.71. The summed E-state index contributed by atoms with van der Waals surface area (Å²) in [5.74, 6) is 0. The van der Waals surface area contributed by atoms with E-state index >= 15 is 0 Å². The van der Waals surface area contributed by atoms with Crippen LogP contribution >= 0.6 is 0 Å². The number of nitrogens with zero attached hydrogens (tertiary/aromatic N) is 3. The third kappa shape index (κ3) is 2.81. The standard InChI is InChI=1S/C21H20N4O/c1-14(22-23-19-13-12-16-8-6-7-11-18(16)19)20-15(2)24-25(21(20)26)17-9-4-3-5-10-17/h3-11,24H,12-13H2,1-2H3. The molecule has 0 atom stereocenters. The Hall–Kier alpha value is -3.21. The lowest BCUT2D eigenvalue weighted by Gasteiger charge is -1.99. The number of hydrogen-bond acceptors (Lipinski definition) is 3. The van der Waals surface area contributed by atoms with E-state index in [0.29, 0.717) is 11.3 Å². The van der Waals surface area contributed by atoms with E-state index in [1.54, 1.807) is 4.68 Å². The molecular weight excluding hydrogens is 324 g/mol. The highest BCUT2D eigenvalue weighted by molar-refractivity contribution is 6.05. The lowest BCUT2D eigenvalue weighted by molar-refractivity contribution is 0.835. The molecule has 0 amide bonds. The number of aromatic nitrogens is 2. The molecule has 0 fully saturated rings. The van der Waals surface area contributed by atoms with Gasteiger partial charge in [0.2, 0.25) is 0 Å². The Bertz CT molecular complexity index is 1070. The molecule has 0 saturated heterocycles. The summed E-state index contributed by atoms with van der Waals surface area (Å²) >= 11 is 0. The normalized spacial score (nSPS) is 15.5. The Morgan fingerprint density at radius 3 is 2.58 bits per heavy atom. The first-order valence-corrected chi connectivity index (χ1v) is 8.72. The molecule has 0 unspecified atom stereocenters. The number of benzene rings is 2. The molecule has 4 rings (SSSR count). The minimum Gasteiger partial charge on any atom is -0.295 e. The van der Waals surface area contributed by atoms with Gasteiger partial charge in [0.1, 0.15) is 0 Å². The summed E-state index contributed by atoms with van der Waals surface area (Å²) in [4.78, 5) is 12.8. The smallest absolute Gasteiger partial charge is 0.280 e. The number of rotatable bonds is 3. The first-order valence-electron chi connectivity index (χ1n) is 8.72. The number of fused-ring (bicyclic) bond motifs is 1. The highest BCUT2D eigenvalue weighted by Crippen LogP contribution is 2.22. The van der Waals surface area contributed by atoms with Gasteiger partial charge in [0.15, 0.2) is 0 Å². The van der Waals surface area contributed by atoms with Crippen molar-refractivity contribution in [2.75, 3.05) is 0 Å². The Morgan fingerprint density at radius 2 is 1.77 bits per heavy atom. The van der Waals surface area contributed by atoms with E-state index in [0.717, 1.165) is 35.5 Å². The van der Waals surface area contributed by atoms with E-state index in [1.165, 1.54) is 5.56 Å². The number of aryl methyl sites for hydroxylation is 2. The fourth-order valence-corrected chi connectivity index (χ4v) is 3.43. The summed E-state index contributed by atoms with van der Waals surface area (Å²) in [6, 6.07) is 17.8. The maximum atomic E-state index is 12.8. The van der Waals surface area contributed by atoms with Crippen molar-refractivity contribution in [3.8, 4) is 5.69 Å². The van der Waals surface area contributed by atoms with Crippen molar-refractivity contribution < 1.29 is 0 Å². The van der Waals surface area contributed by atoms with Crippen LogP contribution in [0.5, 0.6) is 0 Å². The maximum Gasteiger partial charge on any atom is 0.280 e. The maximum absolute atomic E-state index is 12.8.